The van der Waals surface area contributed by atoms with Crippen LogP contribution in [0.2, 0.25) is 0 Å². The Hall–Kier alpha value is -9.04. The van der Waals surface area contributed by atoms with Gasteiger partial charge >= 0.3 is 0 Å². The van der Waals surface area contributed by atoms with Crippen LogP contribution in [-0.2, 0) is 0 Å². The first kappa shape index (κ1) is 39.0. The fraction of sp³-hybridized carbons (Fsp3) is 0. The third-order valence-electron chi connectivity index (χ3n) is 14.6. The number of aromatic nitrogens is 2. The van der Waals surface area contributed by atoms with Gasteiger partial charge in [-0.2, -0.15) is 5.26 Å². The van der Waals surface area contributed by atoms with E-state index in [4.69, 9.17) is 0 Å². The van der Waals surface area contributed by atoms with Gasteiger partial charge in [0.1, 0.15) is 6.07 Å². The molecule has 15 rings (SSSR count). The van der Waals surface area contributed by atoms with Crippen LogP contribution in [0.3, 0.4) is 0 Å². The summed E-state index contributed by atoms with van der Waals surface area (Å²) in [4.78, 5) is 4.68. The third-order valence-corrected chi connectivity index (χ3v) is 16.8. The first-order valence-corrected chi connectivity index (χ1v) is 25.0. The minimum absolute atomic E-state index is 0.423. The minimum atomic E-state index is 0.423. The summed E-state index contributed by atoms with van der Waals surface area (Å²) in [6, 6.07) is 76.3. The number of hydrogen-bond donors (Lipinski definition) is 0. The summed E-state index contributed by atoms with van der Waals surface area (Å²) >= 11 is 3.59. The molecule has 0 unspecified atom stereocenters. The number of nitriles is 1. The van der Waals surface area contributed by atoms with Crippen molar-refractivity contribution >= 4 is 134 Å². The number of benzene rings is 11. The molecule has 322 valence electrons. The Morgan fingerprint density at radius 1 is 0.371 bits per heavy atom. The van der Waals surface area contributed by atoms with Crippen molar-refractivity contribution in [2.75, 3.05) is 0 Å². The van der Waals surface area contributed by atoms with Gasteiger partial charge in [0.2, 0.25) is 5.69 Å². The van der Waals surface area contributed by atoms with Crippen molar-refractivity contribution in [1.82, 2.24) is 9.13 Å². The van der Waals surface area contributed by atoms with Crippen molar-refractivity contribution in [1.29, 1.82) is 5.26 Å². The Morgan fingerprint density at radius 3 is 1.31 bits per heavy atom. The molecule has 70 heavy (non-hydrogen) atoms. The number of nitrogens with zero attached hydrogens (tertiary/aromatic N) is 4. The van der Waals surface area contributed by atoms with Crippen molar-refractivity contribution in [2.45, 2.75) is 0 Å². The van der Waals surface area contributed by atoms with Crippen LogP contribution in [0.25, 0.3) is 144 Å². The first-order valence-electron chi connectivity index (χ1n) is 23.3. The van der Waals surface area contributed by atoms with E-state index in [1.54, 1.807) is 22.7 Å². The molecule has 4 heterocycles. The molecule has 0 atom stereocenters. The Labute approximate surface area is 408 Å². The van der Waals surface area contributed by atoms with Crippen molar-refractivity contribution in [3.05, 3.63) is 223 Å². The SMILES string of the molecule is [C-]#[N+]c1c(-c2cccc3ccccc23)c(C#N)c(-n2c3ccccc3c3cc4c(cc32)sc2ccccc24)c(-c2cccc3ccccc23)c1-n1c2ccccc2c2cc3c(cc21)sc1ccccc13. The van der Waals surface area contributed by atoms with Crippen molar-refractivity contribution < 1.29 is 0 Å². The molecule has 0 bridgehead atoms. The van der Waals surface area contributed by atoms with Gasteiger partial charge in [0.15, 0.2) is 0 Å². The summed E-state index contributed by atoms with van der Waals surface area (Å²) < 4.78 is 9.52. The highest BCUT2D eigenvalue weighted by Crippen LogP contribution is 2.55. The minimum Gasteiger partial charge on any atom is -0.318 e. The van der Waals surface area contributed by atoms with Crippen LogP contribution in [0, 0.1) is 17.9 Å². The second-order valence-corrected chi connectivity index (χ2v) is 20.2. The summed E-state index contributed by atoms with van der Waals surface area (Å²) in [5, 5.41) is 25.6. The van der Waals surface area contributed by atoms with Gasteiger partial charge < -0.3 is 9.13 Å². The summed E-state index contributed by atoms with van der Waals surface area (Å²) in [6.45, 7) is 9.55. The monoisotopic (exact) mass is 922 g/mol. The third kappa shape index (κ3) is 5.32. The van der Waals surface area contributed by atoms with Gasteiger partial charge in [-0.1, -0.05) is 158 Å². The lowest BCUT2D eigenvalue weighted by molar-refractivity contribution is 1.14. The Bertz CT molecular complexity index is 4630. The molecule has 0 saturated heterocycles. The summed E-state index contributed by atoms with van der Waals surface area (Å²) in [5.41, 5.74) is 9.53. The zero-order valence-corrected chi connectivity index (χ0v) is 38.9. The van der Waals surface area contributed by atoms with Crippen LogP contribution in [0.15, 0.2) is 206 Å². The van der Waals surface area contributed by atoms with Gasteiger partial charge in [-0.3, -0.25) is 0 Å². The molecule has 0 fully saturated rings. The average molecular weight is 923 g/mol. The first-order chi connectivity index (χ1) is 34.7. The van der Waals surface area contributed by atoms with Crippen molar-refractivity contribution in [3.8, 4) is 39.7 Å². The fourth-order valence-electron chi connectivity index (χ4n) is 11.6. The van der Waals surface area contributed by atoms with E-state index in [0.717, 1.165) is 93.2 Å². The molecule has 0 aliphatic heterocycles. The normalized spacial score (nSPS) is 12.0. The topological polar surface area (TPSA) is 38.0 Å². The van der Waals surface area contributed by atoms with Gasteiger partial charge in [0.25, 0.3) is 0 Å². The van der Waals surface area contributed by atoms with Gasteiger partial charge in [-0.15, -0.1) is 22.7 Å². The maximum atomic E-state index is 12.2. The van der Waals surface area contributed by atoms with E-state index >= 15 is 0 Å². The van der Waals surface area contributed by atoms with Crippen LogP contribution in [0.4, 0.5) is 5.69 Å². The molecule has 0 saturated carbocycles. The highest BCUT2D eigenvalue weighted by atomic mass is 32.1. The smallest absolute Gasteiger partial charge is 0.220 e. The van der Waals surface area contributed by atoms with E-state index in [2.05, 4.69) is 214 Å². The van der Waals surface area contributed by atoms with Crippen LogP contribution in [0.5, 0.6) is 0 Å². The van der Waals surface area contributed by atoms with E-state index in [9.17, 15) is 11.8 Å². The van der Waals surface area contributed by atoms with Crippen molar-refractivity contribution in [3.63, 3.8) is 0 Å². The highest BCUT2D eigenvalue weighted by Gasteiger charge is 2.33. The lowest BCUT2D eigenvalue weighted by Crippen LogP contribution is -2.09. The highest BCUT2D eigenvalue weighted by molar-refractivity contribution is 7.26. The van der Waals surface area contributed by atoms with Crippen LogP contribution < -0.4 is 0 Å². The lowest BCUT2D eigenvalue weighted by Gasteiger charge is -2.26. The molecular formula is C64H34N4S2. The summed E-state index contributed by atoms with van der Waals surface area (Å²) in [7, 11) is 0. The molecule has 0 aliphatic carbocycles. The molecule has 0 aliphatic rings. The quantitative estimate of drug-likeness (QED) is 0.162. The lowest BCUT2D eigenvalue weighted by atomic mass is 9.86. The Morgan fingerprint density at radius 2 is 0.800 bits per heavy atom. The Kier molecular flexibility index (Phi) is 8.21. The van der Waals surface area contributed by atoms with Gasteiger partial charge in [0.05, 0.1) is 45.6 Å². The second kappa shape index (κ2) is 14.7. The average Bonchev–Trinajstić information content (AvgIpc) is 4.15. The predicted molar refractivity (Wildman–Crippen MR) is 298 cm³/mol. The van der Waals surface area contributed by atoms with Gasteiger partial charge in [-0.25, -0.2) is 4.85 Å². The molecular weight excluding hydrogens is 889 g/mol. The van der Waals surface area contributed by atoms with E-state index in [-0.39, 0.29) is 0 Å². The summed E-state index contributed by atoms with van der Waals surface area (Å²) in [6.07, 6.45) is 0. The Balaban J connectivity index is 1.24. The van der Waals surface area contributed by atoms with E-state index < -0.39 is 0 Å². The van der Waals surface area contributed by atoms with E-state index in [0.29, 0.717) is 16.8 Å². The molecule has 0 radical (unpaired) electrons. The molecule has 11 aromatic carbocycles. The largest absolute Gasteiger partial charge is 0.318 e. The predicted octanol–water partition coefficient (Wildman–Crippen LogP) is 18.7. The van der Waals surface area contributed by atoms with Gasteiger partial charge in [-0.05, 0) is 81.2 Å². The second-order valence-electron chi connectivity index (χ2n) is 18.1. The molecule has 0 spiro atoms. The molecule has 0 N–H and O–H groups in total. The van der Waals surface area contributed by atoms with Crippen LogP contribution in [0.1, 0.15) is 5.56 Å². The number of para-hydroxylation sites is 2. The molecule has 6 heteroatoms. The molecule has 15 aromatic rings. The zero-order chi connectivity index (χ0) is 46.2. The van der Waals surface area contributed by atoms with Crippen LogP contribution >= 0.6 is 22.7 Å². The number of thiophene rings is 2. The molecule has 4 nitrogen and oxygen atoms in total. The summed E-state index contributed by atoms with van der Waals surface area (Å²) in [5.74, 6) is 0. The maximum Gasteiger partial charge on any atom is 0.220 e. The number of rotatable bonds is 4. The van der Waals surface area contributed by atoms with E-state index in [1.165, 1.54) is 40.3 Å². The molecule has 4 aromatic heterocycles. The zero-order valence-electron chi connectivity index (χ0n) is 37.2. The molecule has 0 amide bonds. The van der Waals surface area contributed by atoms with Crippen LogP contribution in [-0.4, -0.2) is 9.13 Å². The maximum absolute atomic E-state index is 12.2. The fourth-order valence-corrected chi connectivity index (χ4v) is 13.9. The van der Waals surface area contributed by atoms with Gasteiger partial charge in [0, 0.05) is 73.0 Å². The van der Waals surface area contributed by atoms with Crippen molar-refractivity contribution in [2.24, 2.45) is 0 Å². The number of fused-ring (bicyclic) bond motifs is 14. The van der Waals surface area contributed by atoms with E-state index in [1.807, 2.05) is 12.1 Å². The standard InChI is InChI=1S/C64H34N4S2/c1-66-62-60(45-26-14-18-37-16-2-4-20-39(37)45)51(36-65)63(67-52-28-10-6-22-41(52)47-32-49-43-24-8-12-30-56(43)69-58(49)34-54(47)67)61(46-27-15-19-38-17-3-5-21-40(38)46)64(62)68-53-29-11-7-23-42(53)48-33-50-44-25-9-13-31-57(44)70-59(50)35-55(48)68/h2-35H. The number of hydrogen-bond acceptors (Lipinski definition) is 3.